The van der Waals surface area contributed by atoms with Gasteiger partial charge < -0.3 is 33.7 Å². The van der Waals surface area contributed by atoms with Crippen molar-refractivity contribution in [2.24, 2.45) is 0 Å². The van der Waals surface area contributed by atoms with Crippen LogP contribution in [0.1, 0.15) is 46.0 Å². The summed E-state index contributed by atoms with van der Waals surface area (Å²) >= 11 is 0. The molecule has 1 heterocycles. The van der Waals surface area contributed by atoms with E-state index < -0.39 is 24.3 Å². The first-order valence-electron chi connectivity index (χ1n) is 12.7. The van der Waals surface area contributed by atoms with E-state index in [0.29, 0.717) is 41.0 Å². The molecule has 2 aromatic rings. The third-order valence-electron chi connectivity index (χ3n) is 6.28. The van der Waals surface area contributed by atoms with Gasteiger partial charge in [0, 0.05) is 33.4 Å². The lowest BCUT2D eigenvalue weighted by atomic mass is 9.99. The molecule has 0 bridgehead atoms. The average molecular weight is 540 g/mol. The van der Waals surface area contributed by atoms with Crippen LogP contribution in [-0.4, -0.2) is 71.5 Å². The maximum atomic E-state index is 13.4. The number of amides is 1. The van der Waals surface area contributed by atoms with E-state index in [1.165, 1.54) is 7.11 Å². The monoisotopic (exact) mass is 539 g/mol. The zero-order chi connectivity index (χ0) is 28.2. The summed E-state index contributed by atoms with van der Waals surface area (Å²) in [5.41, 5.74) is 1.41. The smallest absolute Gasteiger partial charge is 0.338 e. The molecule has 9 heteroatoms. The van der Waals surface area contributed by atoms with E-state index in [-0.39, 0.29) is 18.7 Å². The molecule has 1 aliphatic rings. The summed E-state index contributed by atoms with van der Waals surface area (Å²) in [5, 5.41) is 3.02. The summed E-state index contributed by atoms with van der Waals surface area (Å²) in [5.74, 6) is 0.103. The highest BCUT2D eigenvalue weighted by molar-refractivity contribution is 6.01. The first-order chi connectivity index (χ1) is 18.9. The Morgan fingerprint density at radius 1 is 1.00 bits per heavy atom. The van der Waals surface area contributed by atoms with Crippen molar-refractivity contribution < 1.29 is 38.0 Å². The number of rotatable bonds is 8. The van der Waals surface area contributed by atoms with Gasteiger partial charge in [-0.25, -0.2) is 4.79 Å². The SMILES string of the molecule is COCOc1cc(OC)cc2c1C(=O)NC(C)C/C=C\C(OC(=O)c1ccccc1)C(OC)[C@@H](OC)C/C=C/2. The number of hydrogen-bond donors (Lipinski definition) is 1. The van der Waals surface area contributed by atoms with Gasteiger partial charge in [-0.05, 0) is 49.6 Å². The molecule has 39 heavy (non-hydrogen) atoms. The van der Waals surface area contributed by atoms with Gasteiger partial charge in [-0.15, -0.1) is 0 Å². The topological polar surface area (TPSA) is 102 Å². The molecule has 2 aromatic carbocycles. The predicted octanol–water partition coefficient (Wildman–Crippen LogP) is 4.42. The Balaban J connectivity index is 2.00. The van der Waals surface area contributed by atoms with Crippen LogP contribution < -0.4 is 14.8 Å². The van der Waals surface area contributed by atoms with Crippen molar-refractivity contribution in [3.63, 3.8) is 0 Å². The molecular weight excluding hydrogens is 502 g/mol. The fraction of sp³-hybridized carbons (Fsp3) is 0.400. The maximum Gasteiger partial charge on any atom is 0.338 e. The number of fused-ring (bicyclic) bond motifs is 1. The molecule has 1 amide bonds. The summed E-state index contributed by atoms with van der Waals surface area (Å²) < 4.78 is 33.7. The largest absolute Gasteiger partial charge is 0.497 e. The van der Waals surface area contributed by atoms with Gasteiger partial charge in [-0.3, -0.25) is 4.79 Å². The molecule has 3 unspecified atom stereocenters. The van der Waals surface area contributed by atoms with Gasteiger partial charge in [-0.2, -0.15) is 0 Å². The molecule has 0 fully saturated rings. The average Bonchev–Trinajstić information content (AvgIpc) is 2.94. The van der Waals surface area contributed by atoms with Crippen LogP contribution in [0.5, 0.6) is 11.5 Å². The highest BCUT2D eigenvalue weighted by Crippen LogP contribution is 2.31. The highest BCUT2D eigenvalue weighted by Gasteiger charge is 2.31. The minimum Gasteiger partial charge on any atom is -0.497 e. The van der Waals surface area contributed by atoms with Gasteiger partial charge in [-0.1, -0.05) is 36.4 Å². The minimum absolute atomic E-state index is 0.0285. The number of nitrogens with one attached hydrogen (secondary N) is 1. The third-order valence-corrected chi connectivity index (χ3v) is 6.28. The molecule has 3 rings (SSSR count). The van der Waals surface area contributed by atoms with Crippen LogP contribution in [0.25, 0.3) is 6.08 Å². The van der Waals surface area contributed by atoms with E-state index in [0.717, 1.165) is 0 Å². The lowest BCUT2D eigenvalue weighted by Gasteiger charge is -2.30. The Morgan fingerprint density at radius 3 is 2.44 bits per heavy atom. The van der Waals surface area contributed by atoms with Crippen molar-refractivity contribution in [2.75, 3.05) is 35.2 Å². The van der Waals surface area contributed by atoms with Gasteiger partial charge in [0.05, 0.1) is 24.3 Å². The number of carbonyl (C=O) groups excluding carboxylic acids is 2. The van der Waals surface area contributed by atoms with E-state index in [9.17, 15) is 9.59 Å². The second kappa shape index (κ2) is 15.1. The van der Waals surface area contributed by atoms with Crippen molar-refractivity contribution in [1.82, 2.24) is 5.32 Å². The number of carbonyl (C=O) groups is 2. The molecule has 9 nitrogen and oxygen atoms in total. The zero-order valence-electron chi connectivity index (χ0n) is 23.0. The third kappa shape index (κ3) is 8.16. The first kappa shape index (κ1) is 29.9. The summed E-state index contributed by atoms with van der Waals surface area (Å²) in [6, 6.07) is 12.0. The normalized spacial score (nSPS) is 23.5. The summed E-state index contributed by atoms with van der Waals surface area (Å²) in [6.45, 7) is 1.86. The molecule has 4 atom stereocenters. The van der Waals surface area contributed by atoms with Crippen molar-refractivity contribution in [3.05, 3.63) is 77.4 Å². The first-order valence-corrected chi connectivity index (χ1v) is 12.7. The molecule has 0 spiro atoms. The number of methoxy groups -OCH3 is 4. The van der Waals surface area contributed by atoms with Crippen LogP contribution >= 0.6 is 0 Å². The Hall–Kier alpha value is -3.66. The van der Waals surface area contributed by atoms with Crippen LogP contribution in [0, 0.1) is 0 Å². The van der Waals surface area contributed by atoms with E-state index in [1.807, 2.05) is 31.2 Å². The molecule has 210 valence electrons. The zero-order valence-corrected chi connectivity index (χ0v) is 23.0. The molecule has 0 saturated carbocycles. The molecule has 0 saturated heterocycles. The Kier molecular flexibility index (Phi) is 11.5. The van der Waals surface area contributed by atoms with E-state index >= 15 is 0 Å². The molecule has 0 aromatic heterocycles. The van der Waals surface area contributed by atoms with Crippen LogP contribution in [-0.2, 0) is 18.9 Å². The highest BCUT2D eigenvalue weighted by atomic mass is 16.7. The number of benzene rings is 2. The van der Waals surface area contributed by atoms with Crippen LogP contribution in [0.15, 0.2) is 60.7 Å². The number of hydrogen-bond acceptors (Lipinski definition) is 8. The van der Waals surface area contributed by atoms with Crippen LogP contribution in [0.3, 0.4) is 0 Å². The van der Waals surface area contributed by atoms with Crippen molar-refractivity contribution in [3.8, 4) is 11.5 Å². The summed E-state index contributed by atoms with van der Waals surface area (Å²) in [6.07, 6.45) is 6.44. The number of esters is 1. The molecule has 1 N–H and O–H groups in total. The molecular formula is C30H37NO8. The maximum absolute atomic E-state index is 13.4. The lowest BCUT2D eigenvalue weighted by Crippen LogP contribution is -2.41. The minimum atomic E-state index is -0.728. The number of ether oxygens (including phenoxy) is 6. The van der Waals surface area contributed by atoms with Gasteiger partial charge >= 0.3 is 5.97 Å². The van der Waals surface area contributed by atoms with E-state index in [2.05, 4.69) is 5.32 Å². The molecule has 1 aliphatic heterocycles. The summed E-state index contributed by atoms with van der Waals surface area (Å²) in [7, 11) is 6.19. The predicted molar refractivity (Wildman–Crippen MR) is 147 cm³/mol. The van der Waals surface area contributed by atoms with Gasteiger partial charge in [0.25, 0.3) is 5.91 Å². The fourth-order valence-corrected chi connectivity index (χ4v) is 4.28. The second-order valence-corrected chi connectivity index (χ2v) is 9.03. The summed E-state index contributed by atoms with van der Waals surface area (Å²) in [4.78, 5) is 26.3. The lowest BCUT2D eigenvalue weighted by molar-refractivity contribution is -0.0855. The van der Waals surface area contributed by atoms with Crippen LogP contribution in [0.4, 0.5) is 0 Å². The van der Waals surface area contributed by atoms with Gasteiger partial charge in [0.15, 0.2) is 6.79 Å². The van der Waals surface area contributed by atoms with E-state index in [1.54, 1.807) is 63.8 Å². The fourth-order valence-electron chi connectivity index (χ4n) is 4.28. The standard InChI is InChI=1S/C30H37NO8/c1-20-11-9-16-25(39-30(33)21-12-7-6-8-13-21)28(37-5)24(36-4)15-10-14-22-17-23(35-3)18-26(38-19-34-2)27(22)29(32)31-20/h6-10,12-14,16-18,20,24-25,28H,11,15,19H2,1-5H3,(H,31,32)/b14-10+,16-9-/t20?,24-,25?,28?/m0/s1. The quantitative estimate of drug-likeness (QED) is 0.299. The van der Waals surface area contributed by atoms with Crippen molar-refractivity contribution in [2.45, 2.75) is 44.1 Å². The Labute approximate surface area is 229 Å². The van der Waals surface area contributed by atoms with E-state index in [4.69, 9.17) is 28.4 Å². The van der Waals surface area contributed by atoms with Crippen molar-refractivity contribution in [1.29, 1.82) is 0 Å². The Morgan fingerprint density at radius 2 is 1.77 bits per heavy atom. The Bertz CT molecular complexity index is 1150. The van der Waals surface area contributed by atoms with Gasteiger partial charge in [0.1, 0.15) is 23.7 Å². The van der Waals surface area contributed by atoms with Crippen molar-refractivity contribution >= 4 is 18.0 Å². The van der Waals surface area contributed by atoms with Gasteiger partial charge in [0.2, 0.25) is 0 Å². The molecule has 0 radical (unpaired) electrons. The second-order valence-electron chi connectivity index (χ2n) is 9.03. The van der Waals surface area contributed by atoms with Crippen LogP contribution in [0.2, 0.25) is 0 Å². The molecule has 0 aliphatic carbocycles.